The fourth-order valence-electron chi connectivity index (χ4n) is 2.89. The summed E-state index contributed by atoms with van der Waals surface area (Å²) in [5, 5.41) is 3.77. The first kappa shape index (κ1) is 19.5. The Labute approximate surface area is 159 Å². The zero-order valence-corrected chi connectivity index (χ0v) is 15.3. The van der Waals surface area contributed by atoms with Crippen molar-refractivity contribution in [3.05, 3.63) is 48.3 Å². The molecule has 0 spiro atoms. The molecule has 9 heteroatoms. The summed E-state index contributed by atoms with van der Waals surface area (Å²) in [5.74, 6) is 0.675. The molecule has 1 fully saturated rings. The molecule has 2 aromatic rings. The van der Waals surface area contributed by atoms with E-state index >= 15 is 0 Å². The second-order valence-electron chi connectivity index (χ2n) is 6.21. The van der Waals surface area contributed by atoms with Crippen LogP contribution in [0.25, 0.3) is 0 Å². The third kappa shape index (κ3) is 5.59. The van der Waals surface area contributed by atoms with E-state index in [1.807, 2.05) is 23.1 Å². The second-order valence-corrected chi connectivity index (χ2v) is 7.21. The van der Waals surface area contributed by atoms with Gasteiger partial charge in [0.2, 0.25) is 5.91 Å². The van der Waals surface area contributed by atoms with E-state index in [0.29, 0.717) is 18.9 Å². The van der Waals surface area contributed by atoms with Crippen molar-refractivity contribution >= 4 is 23.5 Å². The summed E-state index contributed by atoms with van der Waals surface area (Å²) < 4.78 is 38.0. The first-order valence-electron chi connectivity index (χ1n) is 8.53. The smallest absolute Gasteiger partial charge is 0.355 e. The van der Waals surface area contributed by atoms with Crippen LogP contribution in [0.1, 0.15) is 18.4 Å². The molecule has 0 saturated carbocycles. The minimum Gasteiger partial charge on any atom is -0.355 e. The maximum Gasteiger partial charge on any atom is 0.417 e. The Balaban J connectivity index is 1.52. The van der Waals surface area contributed by atoms with Crippen LogP contribution in [0.5, 0.6) is 0 Å². The third-order valence-electron chi connectivity index (χ3n) is 4.17. The molecule has 1 amide bonds. The standard InChI is InChI=1S/C18H19F3N4OS/c19-18(20,21)13-6-7-15(23-10-13)25-9-3-4-14(11-25)24-16(26)12-27-17-5-1-2-8-22-17/h1-2,5-8,10,14H,3-4,9,11-12H2,(H,24,26). The highest BCUT2D eigenvalue weighted by atomic mass is 32.2. The van der Waals surface area contributed by atoms with Crippen molar-refractivity contribution in [2.45, 2.75) is 30.1 Å². The molecule has 3 rings (SSSR count). The van der Waals surface area contributed by atoms with Crippen LogP contribution in [0.2, 0.25) is 0 Å². The van der Waals surface area contributed by atoms with Crippen molar-refractivity contribution in [2.24, 2.45) is 0 Å². The summed E-state index contributed by atoms with van der Waals surface area (Å²) >= 11 is 1.36. The first-order valence-corrected chi connectivity index (χ1v) is 9.52. The molecule has 1 atom stereocenters. The van der Waals surface area contributed by atoms with Crippen molar-refractivity contribution in [1.82, 2.24) is 15.3 Å². The highest BCUT2D eigenvalue weighted by Crippen LogP contribution is 2.29. The number of carbonyl (C=O) groups is 1. The Morgan fingerprint density at radius 1 is 1.26 bits per heavy atom. The van der Waals surface area contributed by atoms with Gasteiger partial charge in [-0.3, -0.25) is 4.79 Å². The Bertz CT molecular complexity index is 755. The predicted octanol–water partition coefficient (Wildman–Crippen LogP) is 3.37. The highest BCUT2D eigenvalue weighted by molar-refractivity contribution is 7.99. The number of nitrogens with zero attached hydrogens (tertiary/aromatic N) is 3. The van der Waals surface area contributed by atoms with E-state index in [-0.39, 0.29) is 17.7 Å². The molecule has 144 valence electrons. The monoisotopic (exact) mass is 396 g/mol. The lowest BCUT2D eigenvalue weighted by Gasteiger charge is -2.34. The van der Waals surface area contributed by atoms with Crippen molar-refractivity contribution < 1.29 is 18.0 Å². The molecule has 1 saturated heterocycles. The molecule has 3 heterocycles. The fraction of sp³-hybridized carbons (Fsp3) is 0.389. The number of halogens is 3. The van der Waals surface area contributed by atoms with Crippen LogP contribution in [-0.2, 0) is 11.0 Å². The predicted molar refractivity (Wildman–Crippen MR) is 97.6 cm³/mol. The Kier molecular flexibility index (Phi) is 6.20. The average Bonchev–Trinajstić information content (AvgIpc) is 2.67. The fourth-order valence-corrected chi connectivity index (χ4v) is 3.56. The number of carbonyl (C=O) groups excluding carboxylic acids is 1. The van der Waals surface area contributed by atoms with Crippen LogP contribution in [0, 0.1) is 0 Å². The SMILES string of the molecule is O=C(CSc1ccccn1)NC1CCCN(c2ccc(C(F)(F)F)cn2)C1. The minimum atomic E-state index is -4.39. The highest BCUT2D eigenvalue weighted by Gasteiger charge is 2.31. The first-order chi connectivity index (χ1) is 12.9. The number of amides is 1. The third-order valence-corrected chi connectivity index (χ3v) is 5.12. The van der Waals surface area contributed by atoms with Crippen molar-refractivity contribution in [3.63, 3.8) is 0 Å². The molecule has 1 unspecified atom stereocenters. The molecule has 0 aromatic carbocycles. The molecule has 1 N–H and O–H groups in total. The number of alkyl halides is 3. The molecule has 0 bridgehead atoms. The topological polar surface area (TPSA) is 58.1 Å². The van der Waals surface area contributed by atoms with Crippen LogP contribution >= 0.6 is 11.8 Å². The lowest BCUT2D eigenvalue weighted by molar-refractivity contribution is -0.137. The average molecular weight is 396 g/mol. The van der Waals surface area contributed by atoms with Crippen LogP contribution in [0.3, 0.4) is 0 Å². The zero-order chi connectivity index (χ0) is 19.3. The van der Waals surface area contributed by atoms with Gasteiger partial charge in [0, 0.05) is 31.5 Å². The molecular formula is C18H19F3N4OS. The molecule has 1 aliphatic rings. The summed E-state index contributed by atoms with van der Waals surface area (Å²) in [6, 6.07) is 7.88. The number of hydrogen-bond donors (Lipinski definition) is 1. The molecule has 0 aliphatic carbocycles. The lowest BCUT2D eigenvalue weighted by Crippen LogP contribution is -2.48. The van der Waals surface area contributed by atoms with Gasteiger partial charge in [0.1, 0.15) is 5.82 Å². The Morgan fingerprint density at radius 2 is 2.11 bits per heavy atom. The van der Waals surface area contributed by atoms with Crippen LogP contribution in [-0.4, -0.2) is 40.8 Å². The van der Waals surface area contributed by atoms with E-state index in [4.69, 9.17) is 0 Å². The van der Waals surface area contributed by atoms with E-state index < -0.39 is 11.7 Å². The summed E-state index contributed by atoms with van der Waals surface area (Å²) in [5.41, 5.74) is -0.764. The minimum absolute atomic E-state index is 0.0559. The molecule has 27 heavy (non-hydrogen) atoms. The number of anilines is 1. The van der Waals surface area contributed by atoms with Crippen LogP contribution in [0.4, 0.5) is 19.0 Å². The summed E-state index contributed by atoms with van der Waals surface area (Å²) in [4.78, 5) is 22.2. The molecule has 5 nitrogen and oxygen atoms in total. The van der Waals surface area contributed by atoms with E-state index in [1.165, 1.54) is 17.8 Å². The van der Waals surface area contributed by atoms with E-state index in [0.717, 1.165) is 30.1 Å². The van der Waals surface area contributed by atoms with Gasteiger partial charge < -0.3 is 10.2 Å². The van der Waals surface area contributed by atoms with Crippen molar-refractivity contribution in [3.8, 4) is 0 Å². The van der Waals surface area contributed by atoms with Crippen LogP contribution in [0.15, 0.2) is 47.8 Å². The number of piperidine rings is 1. The van der Waals surface area contributed by atoms with Crippen molar-refractivity contribution in [1.29, 1.82) is 0 Å². The molecule has 1 aliphatic heterocycles. The maximum atomic E-state index is 12.7. The van der Waals surface area contributed by atoms with Gasteiger partial charge in [-0.05, 0) is 37.1 Å². The van der Waals surface area contributed by atoms with Gasteiger partial charge in [-0.15, -0.1) is 0 Å². The van der Waals surface area contributed by atoms with Crippen LogP contribution < -0.4 is 10.2 Å². The lowest BCUT2D eigenvalue weighted by atomic mass is 10.1. The Hall–Kier alpha value is -2.29. The van der Waals surface area contributed by atoms with Gasteiger partial charge in [0.15, 0.2) is 0 Å². The maximum absolute atomic E-state index is 12.7. The molecular weight excluding hydrogens is 377 g/mol. The molecule has 2 aromatic heterocycles. The van der Waals surface area contributed by atoms with Crippen molar-refractivity contribution in [2.75, 3.05) is 23.7 Å². The number of hydrogen-bond acceptors (Lipinski definition) is 5. The Morgan fingerprint density at radius 3 is 2.78 bits per heavy atom. The van der Waals surface area contributed by atoms with E-state index in [1.54, 1.807) is 6.20 Å². The number of rotatable bonds is 5. The number of nitrogens with one attached hydrogen (secondary N) is 1. The largest absolute Gasteiger partial charge is 0.417 e. The number of aromatic nitrogens is 2. The van der Waals surface area contributed by atoms with Gasteiger partial charge in [0.05, 0.1) is 16.3 Å². The normalized spacial score (nSPS) is 17.6. The number of thioether (sulfide) groups is 1. The van der Waals surface area contributed by atoms with Gasteiger partial charge in [-0.1, -0.05) is 17.8 Å². The van der Waals surface area contributed by atoms with Gasteiger partial charge in [0.25, 0.3) is 0 Å². The molecule has 0 radical (unpaired) electrons. The number of pyridine rings is 2. The van der Waals surface area contributed by atoms with Gasteiger partial charge in [-0.25, -0.2) is 9.97 Å². The quantitative estimate of drug-likeness (QED) is 0.786. The summed E-state index contributed by atoms with van der Waals surface area (Å²) in [7, 11) is 0. The van der Waals surface area contributed by atoms with E-state index in [2.05, 4.69) is 15.3 Å². The zero-order valence-electron chi connectivity index (χ0n) is 14.4. The van der Waals surface area contributed by atoms with E-state index in [9.17, 15) is 18.0 Å². The summed E-state index contributed by atoms with van der Waals surface area (Å²) in [6.45, 7) is 1.23. The van der Waals surface area contributed by atoms with Gasteiger partial charge in [-0.2, -0.15) is 13.2 Å². The summed E-state index contributed by atoms with van der Waals surface area (Å²) in [6.07, 6.45) is -0.204. The van der Waals surface area contributed by atoms with Gasteiger partial charge >= 0.3 is 6.18 Å². The second kappa shape index (κ2) is 8.60.